The van der Waals surface area contributed by atoms with Crippen LogP contribution < -0.4 is 5.73 Å². The van der Waals surface area contributed by atoms with Crippen LogP contribution in [0.5, 0.6) is 0 Å². The Morgan fingerprint density at radius 1 is 1.60 bits per heavy atom. The van der Waals surface area contributed by atoms with Crippen LogP contribution in [0.3, 0.4) is 0 Å². The van der Waals surface area contributed by atoms with Crippen molar-refractivity contribution in [1.82, 2.24) is 0 Å². The van der Waals surface area contributed by atoms with Gasteiger partial charge in [0, 0.05) is 12.4 Å². The lowest BCUT2D eigenvalue weighted by Crippen LogP contribution is -2.29. The maximum Gasteiger partial charge on any atom is 0.155 e. The van der Waals surface area contributed by atoms with Gasteiger partial charge in [-0.3, -0.25) is 0 Å². The Bertz CT molecular complexity index is 178. The van der Waals surface area contributed by atoms with Crippen molar-refractivity contribution in [2.24, 2.45) is 5.73 Å². The molecule has 3 nitrogen and oxygen atoms in total. The Kier molecular flexibility index (Phi) is 4.24. The van der Waals surface area contributed by atoms with Gasteiger partial charge < -0.3 is 5.73 Å². The zero-order chi connectivity index (χ0) is 8.20. The summed E-state index contributed by atoms with van der Waals surface area (Å²) >= 11 is 5.27. The van der Waals surface area contributed by atoms with Gasteiger partial charge in [0.2, 0.25) is 0 Å². The van der Waals surface area contributed by atoms with Gasteiger partial charge in [0.15, 0.2) is 9.84 Å². The van der Waals surface area contributed by atoms with Crippen molar-refractivity contribution in [2.45, 2.75) is 12.2 Å². The maximum atomic E-state index is 11.0. The van der Waals surface area contributed by atoms with E-state index >= 15 is 0 Å². The van der Waals surface area contributed by atoms with E-state index < -0.39 is 15.1 Å². The molecule has 0 aromatic carbocycles. The van der Waals surface area contributed by atoms with Crippen LogP contribution in [0.2, 0.25) is 0 Å². The van der Waals surface area contributed by atoms with Gasteiger partial charge in [-0.15, -0.1) is 11.6 Å². The van der Waals surface area contributed by atoms with Crippen molar-refractivity contribution < 1.29 is 8.42 Å². The fourth-order valence-electron chi connectivity index (χ4n) is 0.455. The topological polar surface area (TPSA) is 60.2 Å². The van der Waals surface area contributed by atoms with Crippen LogP contribution in [0, 0.1) is 0 Å². The highest BCUT2D eigenvalue weighted by molar-refractivity contribution is 7.92. The molecule has 1 unspecified atom stereocenters. The SMILES string of the molecule is CC(CN)S(=O)(=O)CCCl. The molecule has 0 radical (unpaired) electrons. The van der Waals surface area contributed by atoms with Crippen molar-refractivity contribution in [1.29, 1.82) is 0 Å². The van der Waals surface area contributed by atoms with Gasteiger partial charge >= 0.3 is 0 Å². The molecule has 0 heterocycles. The molecule has 0 bridgehead atoms. The molecule has 10 heavy (non-hydrogen) atoms. The second kappa shape index (κ2) is 4.16. The predicted molar refractivity (Wildman–Crippen MR) is 43.0 cm³/mol. The van der Waals surface area contributed by atoms with Crippen LogP contribution >= 0.6 is 11.6 Å². The van der Waals surface area contributed by atoms with Gasteiger partial charge in [0.1, 0.15) is 0 Å². The van der Waals surface area contributed by atoms with Crippen LogP contribution in [-0.4, -0.2) is 31.8 Å². The molecular formula is C5H12ClNO2S. The van der Waals surface area contributed by atoms with Crippen LogP contribution in [-0.2, 0) is 9.84 Å². The molecule has 2 N–H and O–H groups in total. The highest BCUT2D eigenvalue weighted by Crippen LogP contribution is 2.00. The summed E-state index contributed by atoms with van der Waals surface area (Å²) in [5, 5.41) is -0.466. The molecule has 5 heteroatoms. The minimum atomic E-state index is -3.02. The summed E-state index contributed by atoms with van der Waals surface area (Å²) in [5.74, 6) is 0.166. The van der Waals surface area contributed by atoms with E-state index in [2.05, 4.69) is 0 Å². The highest BCUT2D eigenvalue weighted by Gasteiger charge is 2.17. The van der Waals surface area contributed by atoms with E-state index in [1.54, 1.807) is 6.92 Å². The molecule has 62 valence electrons. The Morgan fingerprint density at radius 2 is 2.10 bits per heavy atom. The van der Waals surface area contributed by atoms with E-state index in [1.807, 2.05) is 0 Å². The molecule has 0 aromatic heterocycles. The maximum absolute atomic E-state index is 11.0. The first kappa shape index (κ1) is 10.2. The summed E-state index contributed by atoms with van der Waals surface area (Å²) < 4.78 is 22.0. The van der Waals surface area contributed by atoms with Crippen molar-refractivity contribution >= 4 is 21.4 Å². The molecule has 0 saturated carbocycles. The van der Waals surface area contributed by atoms with Crippen LogP contribution in [0.4, 0.5) is 0 Å². The molecule has 1 atom stereocenters. The third-order valence-electron chi connectivity index (χ3n) is 1.31. The van der Waals surface area contributed by atoms with Crippen molar-refractivity contribution in [3.8, 4) is 0 Å². The normalized spacial score (nSPS) is 15.1. The van der Waals surface area contributed by atoms with E-state index in [-0.39, 0.29) is 18.2 Å². The molecular weight excluding hydrogens is 174 g/mol. The zero-order valence-electron chi connectivity index (χ0n) is 5.88. The second-order valence-corrected chi connectivity index (χ2v) is 5.02. The quantitative estimate of drug-likeness (QED) is 0.627. The molecule has 0 aromatic rings. The van der Waals surface area contributed by atoms with E-state index in [0.717, 1.165) is 0 Å². The number of hydrogen-bond donors (Lipinski definition) is 1. The third-order valence-corrected chi connectivity index (χ3v) is 3.91. The summed E-state index contributed by atoms with van der Waals surface area (Å²) in [4.78, 5) is 0. The zero-order valence-corrected chi connectivity index (χ0v) is 7.45. The average molecular weight is 186 g/mol. The average Bonchev–Trinajstić information content (AvgIpc) is 1.86. The molecule has 0 fully saturated rings. The summed E-state index contributed by atoms with van der Waals surface area (Å²) in [7, 11) is -3.02. The number of nitrogens with two attached hydrogens (primary N) is 1. The number of alkyl halides is 1. The lowest BCUT2D eigenvalue weighted by Gasteiger charge is -2.07. The van der Waals surface area contributed by atoms with Gasteiger partial charge in [-0.1, -0.05) is 0 Å². The standard InChI is InChI=1S/C5H12ClNO2S/c1-5(4-7)10(8,9)3-2-6/h5H,2-4,7H2,1H3. The number of hydrogen-bond acceptors (Lipinski definition) is 3. The molecule has 0 rings (SSSR count). The van der Waals surface area contributed by atoms with Gasteiger partial charge in [0.05, 0.1) is 11.0 Å². The molecule has 0 saturated heterocycles. The number of halogens is 1. The number of rotatable bonds is 4. The lowest BCUT2D eigenvalue weighted by molar-refractivity contribution is 0.585. The summed E-state index contributed by atoms with van der Waals surface area (Å²) in [6, 6.07) is 0. The molecule has 0 aliphatic carbocycles. The first-order chi connectivity index (χ1) is 4.54. The monoisotopic (exact) mass is 185 g/mol. The molecule has 0 aliphatic rings. The Hall–Kier alpha value is 0.200. The van der Waals surface area contributed by atoms with Gasteiger partial charge in [-0.2, -0.15) is 0 Å². The van der Waals surface area contributed by atoms with E-state index in [9.17, 15) is 8.42 Å². The fourth-order valence-corrected chi connectivity index (χ4v) is 2.01. The van der Waals surface area contributed by atoms with Gasteiger partial charge in [-0.25, -0.2) is 8.42 Å². The van der Waals surface area contributed by atoms with Crippen LogP contribution in [0.15, 0.2) is 0 Å². The second-order valence-electron chi connectivity index (χ2n) is 2.10. The largest absolute Gasteiger partial charge is 0.329 e. The summed E-state index contributed by atoms with van der Waals surface area (Å²) in [6.45, 7) is 1.75. The summed E-state index contributed by atoms with van der Waals surface area (Å²) in [5.41, 5.74) is 5.17. The fraction of sp³-hybridized carbons (Fsp3) is 1.00. The van der Waals surface area contributed by atoms with Gasteiger partial charge in [0.25, 0.3) is 0 Å². The third kappa shape index (κ3) is 2.86. The van der Waals surface area contributed by atoms with Crippen molar-refractivity contribution in [3.05, 3.63) is 0 Å². The van der Waals surface area contributed by atoms with Crippen molar-refractivity contribution in [3.63, 3.8) is 0 Å². The molecule has 0 amide bonds. The van der Waals surface area contributed by atoms with Crippen LogP contribution in [0.25, 0.3) is 0 Å². The lowest BCUT2D eigenvalue weighted by atomic mass is 10.5. The molecule has 0 spiro atoms. The Balaban J connectivity index is 4.12. The van der Waals surface area contributed by atoms with Crippen LogP contribution in [0.1, 0.15) is 6.92 Å². The first-order valence-electron chi connectivity index (χ1n) is 3.02. The minimum Gasteiger partial charge on any atom is -0.329 e. The Labute approximate surface area is 66.5 Å². The molecule has 0 aliphatic heterocycles. The van der Waals surface area contributed by atoms with E-state index in [4.69, 9.17) is 17.3 Å². The summed E-state index contributed by atoms with van der Waals surface area (Å²) in [6.07, 6.45) is 0. The van der Waals surface area contributed by atoms with Crippen molar-refractivity contribution in [2.75, 3.05) is 18.2 Å². The smallest absolute Gasteiger partial charge is 0.155 e. The van der Waals surface area contributed by atoms with E-state index in [1.165, 1.54) is 0 Å². The van der Waals surface area contributed by atoms with E-state index in [0.29, 0.717) is 0 Å². The minimum absolute atomic E-state index is 0.0208. The first-order valence-corrected chi connectivity index (χ1v) is 5.27. The highest BCUT2D eigenvalue weighted by atomic mass is 35.5. The van der Waals surface area contributed by atoms with Gasteiger partial charge in [-0.05, 0) is 6.92 Å². The number of sulfone groups is 1. The Morgan fingerprint density at radius 3 is 2.40 bits per heavy atom. The predicted octanol–water partition coefficient (Wildman–Crippen LogP) is -0.0128.